The van der Waals surface area contributed by atoms with Crippen LogP contribution in [0.5, 0.6) is 0 Å². The lowest BCUT2D eigenvalue weighted by Gasteiger charge is -2.10. The van der Waals surface area contributed by atoms with E-state index >= 15 is 0 Å². The van der Waals surface area contributed by atoms with Gasteiger partial charge in [-0.1, -0.05) is 59.3 Å². The molecular weight excluding hydrogens is 222 g/mol. The topological polar surface area (TPSA) is 21.6 Å². The fraction of sp³-hybridized carbons (Fsp3) is 0.188. The van der Waals surface area contributed by atoms with Crippen LogP contribution >= 0.6 is 0 Å². The highest BCUT2D eigenvalue weighted by molar-refractivity contribution is 6.04. The van der Waals surface area contributed by atoms with Gasteiger partial charge in [0.1, 0.15) is 7.11 Å². The van der Waals surface area contributed by atoms with E-state index < -0.39 is 0 Å². The molecule has 0 fully saturated rings. The maximum atomic E-state index is 4.87. The van der Waals surface area contributed by atoms with E-state index in [-0.39, 0.29) is 0 Å². The number of nitrogens with zero attached hydrogens (tertiary/aromatic N) is 1. The number of oxime groups is 1. The third-order valence-electron chi connectivity index (χ3n) is 2.88. The highest BCUT2D eigenvalue weighted by atomic mass is 16.6. The van der Waals surface area contributed by atoms with Gasteiger partial charge in [-0.25, -0.2) is 0 Å². The molecule has 0 aliphatic carbocycles. The SMILES string of the molecule is CO/N=C(\C)c1ccc(C)cc1-c1ccccc1. The molecule has 0 atom stereocenters. The molecule has 0 amide bonds. The van der Waals surface area contributed by atoms with Crippen molar-refractivity contribution in [2.75, 3.05) is 7.11 Å². The Morgan fingerprint density at radius 3 is 2.44 bits per heavy atom. The Bertz CT molecular complexity index is 559. The van der Waals surface area contributed by atoms with Gasteiger partial charge in [-0.3, -0.25) is 0 Å². The van der Waals surface area contributed by atoms with E-state index in [0.717, 1.165) is 11.3 Å². The maximum absolute atomic E-state index is 4.87. The molecule has 92 valence electrons. The molecule has 2 heteroatoms. The Balaban J connectivity index is 2.58. The number of aryl methyl sites for hydroxylation is 1. The molecule has 0 saturated carbocycles. The van der Waals surface area contributed by atoms with Crippen molar-refractivity contribution in [3.05, 3.63) is 59.7 Å². The van der Waals surface area contributed by atoms with Crippen LogP contribution in [0.3, 0.4) is 0 Å². The summed E-state index contributed by atoms with van der Waals surface area (Å²) >= 11 is 0. The van der Waals surface area contributed by atoms with Crippen LogP contribution in [0.15, 0.2) is 53.7 Å². The molecule has 0 unspecified atom stereocenters. The summed E-state index contributed by atoms with van der Waals surface area (Å²) in [5.74, 6) is 0. The molecule has 0 N–H and O–H groups in total. The number of hydrogen-bond donors (Lipinski definition) is 0. The molecule has 2 aromatic rings. The van der Waals surface area contributed by atoms with Gasteiger partial charge in [-0.05, 0) is 25.0 Å². The predicted molar refractivity (Wildman–Crippen MR) is 75.8 cm³/mol. The Morgan fingerprint density at radius 1 is 1.06 bits per heavy atom. The van der Waals surface area contributed by atoms with Crippen molar-refractivity contribution >= 4 is 5.71 Å². The van der Waals surface area contributed by atoms with Crippen molar-refractivity contribution in [1.29, 1.82) is 0 Å². The van der Waals surface area contributed by atoms with E-state index in [2.05, 4.69) is 42.4 Å². The van der Waals surface area contributed by atoms with Crippen molar-refractivity contribution in [1.82, 2.24) is 0 Å². The highest BCUT2D eigenvalue weighted by Crippen LogP contribution is 2.25. The summed E-state index contributed by atoms with van der Waals surface area (Å²) in [6, 6.07) is 16.7. The molecule has 2 rings (SSSR count). The van der Waals surface area contributed by atoms with Gasteiger partial charge in [-0.15, -0.1) is 0 Å². The monoisotopic (exact) mass is 239 g/mol. The largest absolute Gasteiger partial charge is 0.399 e. The summed E-state index contributed by atoms with van der Waals surface area (Å²) in [5, 5.41) is 4.03. The fourth-order valence-corrected chi connectivity index (χ4v) is 2.02. The Hall–Kier alpha value is -2.09. The van der Waals surface area contributed by atoms with Crippen LogP contribution in [0.2, 0.25) is 0 Å². The van der Waals surface area contributed by atoms with Crippen LogP contribution in [-0.2, 0) is 4.84 Å². The van der Waals surface area contributed by atoms with Gasteiger partial charge < -0.3 is 4.84 Å². The first-order valence-corrected chi connectivity index (χ1v) is 5.96. The van der Waals surface area contributed by atoms with Crippen LogP contribution in [0.25, 0.3) is 11.1 Å². The minimum Gasteiger partial charge on any atom is -0.399 e. The second-order valence-electron chi connectivity index (χ2n) is 4.27. The molecule has 0 bridgehead atoms. The van der Waals surface area contributed by atoms with Gasteiger partial charge in [0, 0.05) is 5.56 Å². The predicted octanol–water partition coefficient (Wildman–Crippen LogP) is 4.03. The van der Waals surface area contributed by atoms with E-state index in [9.17, 15) is 0 Å². The average molecular weight is 239 g/mol. The van der Waals surface area contributed by atoms with E-state index in [0.29, 0.717) is 0 Å². The van der Waals surface area contributed by atoms with E-state index in [1.165, 1.54) is 16.7 Å². The first kappa shape index (κ1) is 12.4. The lowest BCUT2D eigenvalue weighted by atomic mass is 9.95. The molecule has 0 radical (unpaired) electrons. The van der Waals surface area contributed by atoms with Gasteiger partial charge in [0.25, 0.3) is 0 Å². The van der Waals surface area contributed by atoms with Gasteiger partial charge >= 0.3 is 0 Å². The van der Waals surface area contributed by atoms with E-state index in [1.807, 2.05) is 25.1 Å². The second-order valence-corrected chi connectivity index (χ2v) is 4.27. The van der Waals surface area contributed by atoms with E-state index in [1.54, 1.807) is 7.11 Å². The van der Waals surface area contributed by atoms with Crippen molar-refractivity contribution < 1.29 is 4.84 Å². The molecule has 2 aromatic carbocycles. The third-order valence-corrected chi connectivity index (χ3v) is 2.88. The zero-order valence-electron chi connectivity index (χ0n) is 11.0. The summed E-state index contributed by atoms with van der Waals surface area (Å²) in [6.07, 6.45) is 0. The van der Waals surface area contributed by atoms with Crippen LogP contribution < -0.4 is 0 Å². The second kappa shape index (κ2) is 5.50. The zero-order chi connectivity index (χ0) is 13.0. The summed E-state index contributed by atoms with van der Waals surface area (Å²) < 4.78 is 0. The highest BCUT2D eigenvalue weighted by Gasteiger charge is 2.08. The zero-order valence-corrected chi connectivity index (χ0v) is 11.0. The molecule has 18 heavy (non-hydrogen) atoms. The van der Waals surface area contributed by atoms with Gasteiger partial charge in [0.15, 0.2) is 0 Å². The minimum absolute atomic E-state index is 0.886. The summed E-state index contributed by atoms with van der Waals surface area (Å²) in [6.45, 7) is 4.06. The number of rotatable bonds is 3. The molecule has 2 nitrogen and oxygen atoms in total. The molecule has 0 saturated heterocycles. The third kappa shape index (κ3) is 2.59. The smallest absolute Gasteiger partial charge is 0.106 e. The Kier molecular flexibility index (Phi) is 3.78. The lowest BCUT2D eigenvalue weighted by molar-refractivity contribution is 0.213. The van der Waals surface area contributed by atoms with Crippen LogP contribution in [0, 0.1) is 6.92 Å². The van der Waals surface area contributed by atoms with Gasteiger partial charge in [0.05, 0.1) is 5.71 Å². The van der Waals surface area contributed by atoms with Crippen molar-refractivity contribution in [2.45, 2.75) is 13.8 Å². The van der Waals surface area contributed by atoms with Gasteiger partial charge in [-0.2, -0.15) is 0 Å². The Labute approximate surface area is 108 Å². The normalized spacial score (nSPS) is 11.4. The van der Waals surface area contributed by atoms with Gasteiger partial charge in [0.2, 0.25) is 0 Å². The molecule has 0 aliphatic rings. The molecule has 0 heterocycles. The summed E-state index contributed by atoms with van der Waals surface area (Å²) in [4.78, 5) is 4.87. The first-order chi connectivity index (χ1) is 8.72. The lowest BCUT2D eigenvalue weighted by Crippen LogP contribution is -1.99. The Morgan fingerprint density at radius 2 is 1.78 bits per heavy atom. The van der Waals surface area contributed by atoms with Crippen molar-refractivity contribution in [2.24, 2.45) is 5.16 Å². The quantitative estimate of drug-likeness (QED) is 0.585. The van der Waals surface area contributed by atoms with Crippen LogP contribution in [-0.4, -0.2) is 12.8 Å². The number of benzene rings is 2. The number of hydrogen-bond acceptors (Lipinski definition) is 2. The van der Waals surface area contributed by atoms with Crippen molar-refractivity contribution in [3.8, 4) is 11.1 Å². The van der Waals surface area contributed by atoms with Crippen LogP contribution in [0.4, 0.5) is 0 Å². The van der Waals surface area contributed by atoms with Crippen LogP contribution in [0.1, 0.15) is 18.1 Å². The standard InChI is InChI=1S/C16H17NO/c1-12-9-10-15(13(2)17-18-3)16(11-12)14-7-5-4-6-8-14/h4-11H,1-3H3/b17-13+. The molecule has 0 aliphatic heterocycles. The molecule has 0 aromatic heterocycles. The van der Waals surface area contributed by atoms with E-state index in [4.69, 9.17) is 4.84 Å². The maximum Gasteiger partial charge on any atom is 0.106 e. The average Bonchev–Trinajstić information content (AvgIpc) is 2.40. The van der Waals surface area contributed by atoms with Crippen molar-refractivity contribution in [3.63, 3.8) is 0 Å². The summed E-state index contributed by atoms with van der Waals surface area (Å²) in [7, 11) is 1.57. The first-order valence-electron chi connectivity index (χ1n) is 5.96. The summed E-state index contributed by atoms with van der Waals surface area (Å²) in [5.41, 5.74) is 5.61. The minimum atomic E-state index is 0.886. The molecule has 0 spiro atoms. The fourth-order valence-electron chi connectivity index (χ4n) is 2.02. The molecular formula is C16H17NO.